The van der Waals surface area contributed by atoms with Gasteiger partial charge in [-0.3, -0.25) is 0 Å². The van der Waals surface area contributed by atoms with Gasteiger partial charge in [-0.15, -0.1) is 0 Å². The van der Waals surface area contributed by atoms with Crippen LogP contribution in [-0.4, -0.2) is 0 Å². The molecule has 0 saturated carbocycles. The van der Waals surface area contributed by atoms with Crippen molar-refractivity contribution in [3.8, 4) is 0 Å². The molecule has 2 aromatic carbocycles. The Bertz CT molecular complexity index is 555. The van der Waals surface area contributed by atoms with Crippen LogP contribution in [0.5, 0.6) is 0 Å². The largest absolute Gasteiger partial charge is 0.397 e. The van der Waals surface area contributed by atoms with Crippen molar-refractivity contribution >= 4 is 17.1 Å². The molecule has 88 valence electrons. The van der Waals surface area contributed by atoms with E-state index in [1.807, 2.05) is 0 Å². The molecule has 0 unspecified atom stereocenters. The van der Waals surface area contributed by atoms with Gasteiger partial charge in [0.05, 0.1) is 17.1 Å². The zero-order chi connectivity index (χ0) is 12.4. The maximum Gasteiger partial charge on any atom is 0.149 e. The first kappa shape index (κ1) is 11.3. The molecular weight excluding hydrogens is 229 g/mol. The number of nitrogen functional groups attached to an aromatic ring is 1. The van der Waals surface area contributed by atoms with E-state index in [4.69, 9.17) is 5.73 Å². The minimum atomic E-state index is -0.770. The monoisotopic (exact) mass is 238 g/mol. The lowest BCUT2D eigenvalue weighted by atomic mass is 10.2. The highest BCUT2D eigenvalue weighted by Crippen LogP contribution is 2.25. The van der Waals surface area contributed by atoms with E-state index in [9.17, 15) is 13.2 Å². The fourth-order valence-electron chi connectivity index (χ4n) is 1.37. The number of hydrogen-bond acceptors (Lipinski definition) is 2. The fourth-order valence-corrected chi connectivity index (χ4v) is 1.37. The standard InChI is InChI=1S/C12H9F3N2/c13-7-2-4-11(9(15)5-7)17-12-6-8(14)1-3-10(12)16/h1-6,17H,16H2. The van der Waals surface area contributed by atoms with Gasteiger partial charge in [0, 0.05) is 6.07 Å². The summed E-state index contributed by atoms with van der Waals surface area (Å²) in [7, 11) is 0. The summed E-state index contributed by atoms with van der Waals surface area (Å²) in [6, 6.07) is 6.74. The van der Waals surface area contributed by atoms with Crippen molar-refractivity contribution in [1.29, 1.82) is 0 Å². The van der Waals surface area contributed by atoms with Crippen LogP contribution in [0.25, 0.3) is 0 Å². The lowest BCUT2D eigenvalue weighted by Crippen LogP contribution is -1.99. The molecule has 0 aliphatic carbocycles. The summed E-state index contributed by atoms with van der Waals surface area (Å²) in [6.07, 6.45) is 0. The summed E-state index contributed by atoms with van der Waals surface area (Å²) in [5.74, 6) is -1.95. The number of rotatable bonds is 2. The molecule has 0 aliphatic rings. The molecule has 0 fully saturated rings. The first-order chi connectivity index (χ1) is 8.06. The summed E-state index contributed by atoms with van der Waals surface area (Å²) < 4.78 is 39.0. The average molecular weight is 238 g/mol. The number of benzene rings is 2. The molecule has 0 aliphatic heterocycles. The smallest absolute Gasteiger partial charge is 0.149 e. The summed E-state index contributed by atoms with van der Waals surface area (Å²) in [6.45, 7) is 0. The molecule has 0 heterocycles. The van der Waals surface area contributed by atoms with Gasteiger partial charge in [0.1, 0.15) is 17.5 Å². The molecule has 0 spiro atoms. The van der Waals surface area contributed by atoms with Crippen LogP contribution >= 0.6 is 0 Å². The molecular formula is C12H9F3N2. The molecule has 0 saturated heterocycles. The zero-order valence-electron chi connectivity index (χ0n) is 8.68. The van der Waals surface area contributed by atoms with Crippen molar-refractivity contribution in [2.75, 3.05) is 11.1 Å². The highest BCUT2D eigenvalue weighted by atomic mass is 19.1. The minimum absolute atomic E-state index is 0.0312. The lowest BCUT2D eigenvalue weighted by Gasteiger charge is -2.10. The van der Waals surface area contributed by atoms with E-state index in [0.29, 0.717) is 0 Å². The summed E-state index contributed by atoms with van der Waals surface area (Å²) in [5, 5.41) is 2.60. The van der Waals surface area contributed by atoms with E-state index in [1.165, 1.54) is 18.2 Å². The molecule has 0 amide bonds. The highest BCUT2D eigenvalue weighted by Gasteiger charge is 2.06. The van der Waals surface area contributed by atoms with Crippen LogP contribution in [0.4, 0.5) is 30.2 Å². The highest BCUT2D eigenvalue weighted by molar-refractivity contribution is 5.72. The molecule has 2 rings (SSSR count). The van der Waals surface area contributed by atoms with Gasteiger partial charge >= 0.3 is 0 Å². The van der Waals surface area contributed by atoms with E-state index in [2.05, 4.69) is 5.32 Å². The van der Waals surface area contributed by atoms with Crippen molar-refractivity contribution < 1.29 is 13.2 Å². The Morgan fingerprint density at radius 1 is 0.824 bits per heavy atom. The first-order valence-electron chi connectivity index (χ1n) is 4.83. The third kappa shape index (κ3) is 2.50. The molecule has 5 heteroatoms. The minimum Gasteiger partial charge on any atom is -0.397 e. The zero-order valence-corrected chi connectivity index (χ0v) is 8.68. The second kappa shape index (κ2) is 4.37. The summed E-state index contributed by atoms with van der Waals surface area (Å²) >= 11 is 0. The fraction of sp³-hybridized carbons (Fsp3) is 0. The van der Waals surface area contributed by atoms with Crippen LogP contribution in [0.1, 0.15) is 0 Å². The number of nitrogens with two attached hydrogens (primary N) is 1. The van der Waals surface area contributed by atoms with Crippen molar-refractivity contribution in [2.24, 2.45) is 0 Å². The summed E-state index contributed by atoms with van der Waals surface area (Å²) in [5.41, 5.74) is 6.13. The van der Waals surface area contributed by atoms with Crippen LogP contribution in [0.3, 0.4) is 0 Å². The maximum absolute atomic E-state index is 13.3. The Labute approximate surface area is 95.9 Å². The van der Waals surface area contributed by atoms with E-state index in [1.54, 1.807) is 0 Å². The van der Waals surface area contributed by atoms with Gasteiger partial charge in [-0.05, 0) is 30.3 Å². The topological polar surface area (TPSA) is 38.0 Å². The Hall–Kier alpha value is -2.17. The van der Waals surface area contributed by atoms with Gasteiger partial charge in [-0.1, -0.05) is 0 Å². The quantitative estimate of drug-likeness (QED) is 0.786. The van der Waals surface area contributed by atoms with E-state index < -0.39 is 17.5 Å². The van der Waals surface area contributed by atoms with Crippen molar-refractivity contribution in [3.63, 3.8) is 0 Å². The molecule has 2 aromatic rings. The number of halogens is 3. The van der Waals surface area contributed by atoms with Gasteiger partial charge < -0.3 is 11.1 Å². The van der Waals surface area contributed by atoms with E-state index >= 15 is 0 Å². The predicted octanol–water partition coefficient (Wildman–Crippen LogP) is 3.43. The molecule has 0 atom stereocenters. The van der Waals surface area contributed by atoms with Gasteiger partial charge in [0.25, 0.3) is 0 Å². The SMILES string of the molecule is Nc1ccc(F)cc1Nc1ccc(F)cc1F. The third-order valence-electron chi connectivity index (χ3n) is 2.22. The first-order valence-corrected chi connectivity index (χ1v) is 4.83. The predicted molar refractivity (Wildman–Crippen MR) is 60.5 cm³/mol. The number of nitrogens with one attached hydrogen (secondary N) is 1. The second-order valence-corrected chi connectivity index (χ2v) is 3.48. The van der Waals surface area contributed by atoms with Crippen molar-refractivity contribution in [2.45, 2.75) is 0 Å². The second-order valence-electron chi connectivity index (χ2n) is 3.48. The van der Waals surface area contributed by atoms with Gasteiger partial charge in [0.15, 0.2) is 0 Å². The molecule has 3 N–H and O–H groups in total. The number of hydrogen-bond donors (Lipinski definition) is 2. The molecule has 17 heavy (non-hydrogen) atoms. The maximum atomic E-state index is 13.3. The average Bonchev–Trinajstić information content (AvgIpc) is 2.27. The normalized spacial score (nSPS) is 10.3. The Morgan fingerprint density at radius 3 is 2.18 bits per heavy atom. The molecule has 0 bridgehead atoms. The van der Waals surface area contributed by atoms with Gasteiger partial charge in [-0.25, -0.2) is 13.2 Å². The van der Waals surface area contributed by atoms with Crippen molar-refractivity contribution in [1.82, 2.24) is 0 Å². The van der Waals surface area contributed by atoms with Gasteiger partial charge in [0.2, 0.25) is 0 Å². The summed E-state index contributed by atoms with van der Waals surface area (Å²) in [4.78, 5) is 0. The Morgan fingerprint density at radius 2 is 1.47 bits per heavy atom. The number of anilines is 3. The Kier molecular flexibility index (Phi) is 2.91. The van der Waals surface area contributed by atoms with E-state index in [0.717, 1.165) is 18.2 Å². The molecule has 2 nitrogen and oxygen atoms in total. The van der Waals surface area contributed by atoms with Crippen molar-refractivity contribution in [3.05, 3.63) is 53.8 Å². The lowest BCUT2D eigenvalue weighted by molar-refractivity contribution is 0.586. The third-order valence-corrected chi connectivity index (χ3v) is 2.22. The van der Waals surface area contributed by atoms with Crippen LogP contribution in [0.15, 0.2) is 36.4 Å². The molecule has 0 aromatic heterocycles. The molecule has 0 radical (unpaired) electrons. The van der Waals surface area contributed by atoms with Crippen LogP contribution < -0.4 is 11.1 Å². The van der Waals surface area contributed by atoms with Gasteiger partial charge in [-0.2, -0.15) is 0 Å². The Balaban J connectivity index is 2.34. The van der Waals surface area contributed by atoms with E-state index in [-0.39, 0.29) is 17.1 Å². The van der Waals surface area contributed by atoms with Crippen LogP contribution in [0, 0.1) is 17.5 Å². The van der Waals surface area contributed by atoms with Crippen LogP contribution in [0.2, 0.25) is 0 Å². The van der Waals surface area contributed by atoms with Crippen LogP contribution in [-0.2, 0) is 0 Å².